The first-order valence-corrected chi connectivity index (χ1v) is 14.4. The molecule has 0 unspecified atom stereocenters. The van der Waals surface area contributed by atoms with Crippen molar-refractivity contribution in [3.8, 4) is 0 Å². The molecule has 210 valence electrons. The number of amides is 1. The highest BCUT2D eigenvalue weighted by molar-refractivity contribution is 7.91. The predicted octanol–water partition coefficient (Wildman–Crippen LogP) is 5.27. The lowest BCUT2D eigenvalue weighted by molar-refractivity contribution is -0.868. The molecule has 1 N–H and O–H groups in total. The number of quaternary nitrogens is 1. The molecule has 0 aliphatic carbocycles. The number of nitrogens with one attached hydrogen (secondary N) is 1. The maximum Gasteiger partial charge on any atom is 0.416 e. The van der Waals surface area contributed by atoms with Gasteiger partial charge in [0.2, 0.25) is 0 Å². The summed E-state index contributed by atoms with van der Waals surface area (Å²) in [6.07, 6.45) is -3.67. The third-order valence-corrected chi connectivity index (χ3v) is 9.16. The minimum Gasteiger partial charge on any atom is -0.633 e. The highest BCUT2D eigenvalue weighted by Crippen LogP contribution is 2.37. The molecule has 1 saturated heterocycles. The molecule has 1 aliphatic heterocycles. The predicted molar refractivity (Wildman–Crippen MR) is 141 cm³/mol. The number of likely N-dealkylation sites (tertiary alicyclic amines) is 1. The first-order valence-electron chi connectivity index (χ1n) is 12.0. The first kappa shape index (κ1) is 30.6. The summed E-state index contributed by atoms with van der Waals surface area (Å²) in [5.74, 6) is -1.02. The number of nitrogens with zero attached hydrogens (tertiary/aromatic N) is 2. The molecule has 2 aromatic rings. The Labute approximate surface area is 230 Å². The lowest BCUT2D eigenvalue weighted by atomic mass is 9.99. The first-order chi connectivity index (χ1) is 17.5. The van der Waals surface area contributed by atoms with Gasteiger partial charge in [-0.1, -0.05) is 30.1 Å². The number of hydrogen-bond acceptors (Lipinski definition) is 5. The van der Waals surface area contributed by atoms with Crippen molar-refractivity contribution in [1.29, 1.82) is 0 Å². The maximum absolute atomic E-state index is 14.0. The van der Waals surface area contributed by atoms with Crippen molar-refractivity contribution in [1.82, 2.24) is 10.2 Å². The molecule has 13 heteroatoms. The fraction of sp³-hybridized carbons (Fsp3) is 0.480. The number of carbonyl (C=O) groups excluding carboxylic acids is 1. The van der Waals surface area contributed by atoms with E-state index in [1.165, 1.54) is 31.2 Å². The molecule has 1 amide bonds. The van der Waals surface area contributed by atoms with E-state index in [1.54, 1.807) is 14.1 Å². The fourth-order valence-electron chi connectivity index (χ4n) is 4.53. The Balaban J connectivity index is 1.83. The number of hydroxylamine groups is 3. The standard InChI is InChI=1S/C25H30Cl2F3N3O4S/c1-4-38(36,37)23-6-5-18(26)11-17(23)14-31-24(34)16-12-21(25(28,29)30)20(22(27)13-16)15-32-9-7-19(8-10-32)33(2,3)35/h5-6,11-13,19H,4,7-10,14-15H2,1-3H3,(H,31,34). The topological polar surface area (TPSA) is 89.5 Å². The van der Waals surface area contributed by atoms with E-state index in [4.69, 9.17) is 23.2 Å². The molecule has 0 radical (unpaired) electrons. The highest BCUT2D eigenvalue weighted by Gasteiger charge is 2.36. The number of sulfone groups is 1. The molecule has 2 aromatic carbocycles. The molecular weight excluding hydrogens is 566 g/mol. The zero-order valence-corrected chi connectivity index (χ0v) is 23.6. The number of halogens is 5. The third-order valence-electron chi connectivity index (χ3n) is 6.76. The van der Waals surface area contributed by atoms with E-state index in [2.05, 4.69) is 5.32 Å². The highest BCUT2D eigenvalue weighted by atomic mass is 35.5. The second-order valence-corrected chi connectivity index (χ2v) is 12.9. The Bertz CT molecular complexity index is 1290. The fourth-order valence-corrected chi connectivity index (χ4v) is 6.12. The van der Waals surface area contributed by atoms with Gasteiger partial charge in [0.1, 0.15) is 0 Å². The van der Waals surface area contributed by atoms with Gasteiger partial charge in [0.05, 0.1) is 36.3 Å². The molecule has 38 heavy (non-hydrogen) atoms. The van der Waals surface area contributed by atoms with Crippen LogP contribution in [0.2, 0.25) is 10.0 Å². The summed E-state index contributed by atoms with van der Waals surface area (Å²) in [5.41, 5.74) is -1.25. The van der Waals surface area contributed by atoms with Crippen molar-refractivity contribution >= 4 is 38.9 Å². The van der Waals surface area contributed by atoms with Crippen LogP contribution in [0.4, 0.5) is 13.2 Å². The van der Waals surface area contributed by atoms with Gasteiger partial charge in [-0.3, -0.25) is 9.69 Å². The molecular formula is C25H30Cl2F3N3O4S. The summed E-state index contributed by atoms with van der Waals surface area (Å²) in [4.78, 5) is 14.6. The van der Waals surface area contributed by atoms with Crippen LogP contribution in [-0.2, 0) is 29.1 Å². The Morgan fingerprint density at radius 1 is 1.16 bits per heavy atom. The van der Waals surface area contributed by atoms with Gasteiger partial charge in [-0.05, 0) is 41.5 Å². The van der Waals surface area contributed by atoms with E-state index in [-0.39, 0.29) is 56.5 Å². The van der Waals surface area contributed by atoms with Gasteiger partial charge < -0.3 is 15.2 Å². The summed E-state index contributed by atoms with van der Waals surface area (Å²) in [5, 5.41) is 14.7. The average molecular weight is 596 g/mol. The monoisotopic (exact) mass is 595 g/mol. The number of carbonyl (C=O) groups is 1. The molecule has 3 rings (SSSR count). The van der Waals surface area contributed by atoms with Crippen LogP contribution >= 0.6 is 23.2 Å². The Hall–Kier alpha value is -1.89. The summed E-state index contributed by atoms with van der Waals surface area (Å²) in [6, 6.07) is 5.93. The van der Waals surface area contributed by atoms with Crippen LogP contribution in [0, 0.1) is 5.21 Å². The van der Waals surface area contributed by atoms with Crippen molar-refractivity contribution in [2.24, 2.45) is 0 Å². The largest absolute Gasteiger partial charge is 0.633 e. The van der Waals surface area contributed by atoms with Gasteiger partial charge in [0, 0.05) is 54.6 Å². The van der Waals surface area contributed by atoms with Crippen LogP contribution in [0.3, 0.4) is 0 Å². The van der Waals surface area contributed by atoms with Gasteiger partial charge >= 0.3 is 6.18 Å². The van der Waals surface area contributed by atoms with Crippen molar-refractivity contribution in [2.75, 3.05) is 32.9 Å². The molecule has 0 bridgehead atoms. The molecule has 1 aliphatic rings. The summed E-state index contributed by atoms with van der Waals surface area (Å²) >= 11 is 12.3. The Morgan fingerprint density at radius 3 is 2.34 bits per heavy atom. The van der Waals surface area contributed by atoms with Gasteiger partial charge in [-0.15, -0.1) is 0 Å². The second-order valence-electron chi connectivity index (χ2n) is 9.76. The van der Waals surface area contributed by atoms with E-state index < -0.39 is 32.1 Å². The second kappa shape index (κ2) is 11.7. The number of benzene rings is 2. The zero-order valence-electron chi connectivity index (χ0n) is 21.2. The van der Waals surface area contributed by atoms with Crippen LogP contribution in [0.15, 0.2) is 35.2 Å². The summed E-state index contributed by atoms with van der Waals surface area (Å²) < 4.78 is 66.4. The normalized spacial score (nSPS) is 16.0. The molecule has 1 heterocycles. The zero-order chi connectivity index (χ0) is 28.5. The molecule has 1 fully saturated rings. The quantitative estimate of drug-likeness (QED) is 0.331. The SMILES string of the molecule is CCS(=O)(=O)c1ccc(Cl)cc1CNC(=O)c1cc(Cl)c(CN2CCC([N+](C)(C)[O-])CC2)c(C(F)(F)F)c1. The van der Waals surface area contributed by atoms with E-state index in [0.29, 0.717) is 25.9 Å². The van der Waals surface area contributed by atoms with Crippen LogP contribution in [-0.4, -0.2) is 62.9 Å². The Kier molecular flexibility index (Phi) is 9.43. The smallest absolute Gasteiger partial charge is 0.416 e. The molecule has 0 spiro atoms. The molecule has 0 aromatic heterocycles. The minimum atomic E-state index is -4.77. The van der Waals surface area contributed by atoms with Crippen LogP contribution in [0.5, 0.6) is 0 Å². The number of piperidine rings is 1. The summed E-state index contributed by atoms with van der Waals surface area (Å²) in [6.45, 7) is 2.04. The van der Waals surface area contributed by atoms with Crippen LogP contribution < -0.4 is 5.32 Å². The van der Waals surface area contributed by atoms with E-state index in [0.717, 1.165) is 6.07 Å². The molecule has 0 saturated carbocycles. The van der Waals surface area contributed by atoms with Gasteiger partial charge in [-0.25, -0.2) is 8.42 Å². The van der Waals surface area contributed by atoms with Gasteiger partial charge in [-0.2, -0.15) is 13.2 Å². The van der Waals surface area contributed by atoms with Crippen molar-refractivity contribution in [3.05, 3.63) is 67.8 Å². The maximum atomic E-state index is 14.0. The van der Waals surface area contributed by atoms with E-state index in [9.17, 15) is 31.6 Å². The Morgan fingerprint density at radius 2 is 1.79 bits per heavy atom. The molecule has 7 nitrogen and oxygen atoms in total. The van der Waals surface area contributed by atoms with Gasteiger partial charge in [0.25, 0.3) is 5.91 Å². The number of hydrogen-bond donors (Lipinski definition) is 1. The van der Waals surface area contributed by atoms with Crippen molar-refractivity contribution in [3.63, 3.8) is 0 Å². The van der Waals surface area contributed by atoms with E-state index >= 15 is 0 Å². The third kappa shape index (κ3) is 7.40. The van der Waals surface area contributed by atoms with Gasteiger partial charge in [0.15, 0.2) is 9.84 Å². The van der Waals surface area contributed by atoms with Crippen molar-refractivity contribution in [2.45, 2.75) is 50.0 Å². The van der Waals surface area contributed by atoms with Crippen molar-refractivity contribution < 1.29 is 31.0 Å². The van der Waals surface area contributed by atoms with Crippen LogP contribution in [0.25, 0.3) is 0 Å². The minimum absolute atomic E-state index is 0.0167. The lowest BCUT2D eigenvalue weighted by Gasteiger charge is -2.45. The summed E-state index contributed by atoms with van der Waals surface area (Å²) in [7, 11) is -0.517. The molecule has 0 atom stereocenters. The lowest BCUT2D eigenvalue weighted by Crippen LogP contribution is -2.49. The van der Waals surface area contributed by atoms with E-state index in [1.807, 2.05) is 4.90 Å². The number of alkyl halides is 3. The van der Waals surface area contributed by atoms with Crippen LogP contribution in [0.1, 0.15) is 46.8 Å². The average Bonchev–Trinajstić information content (AvgIpc) is 2.82. The number of rotatable bonds is 8.